The highest BCUT2D eigenvalue weighted by molar-refractivity contribution is 6.50. The summed E-state index contributed by atoms with van der Waals surface area (Å²) in [4.78, 5) is 22.2. The summed E-state index contributed by atoms with van der Waals surface area (Å²) >= 11 is 0. The van der Waals surface area contributed by atoms with Crippen LogP contribution >= 0.6 is 0 Å². The molecule has 96 valence electrons. The molecule has 0 bridgehead atoms. The summed E-state index contributed by atoms with van der Waals surface area (Å²) in [6.45, 7) is 5.47. The van der Waals surface area contributed by atoms with Crippen molar-refractivity contribution in [2.75, 3.05) is 0 Å². The number of hydrogen-bond donors (Lipinski definition) is 0. The molecule has 0 saturated heterocycles. The van der Waals surface area contributed by atoms with Crippen molar-refractivity contribution in [1.29, 1.82) is 0 Å². The van der Waals surface area contributed by atoms with Gasteiger partial charge in [-0.15, -0.1) is 0 Å². The lowest BCUT2D eigenvalue weighted by molar-refractivity contribution is 0.201. The lowest BCUT2D eigenvalue weighted by Gasteiger charge is -2.02. The van der Waals surface area contributed by atoms with Crippen LogP contribution in [-0.2, 0) is 4.43 Å². The fourth-order valence-corrected chi connectivity index (χ4v) is 1.56. The highest BCUT2D eigenvalue weighted by atomic mass is 28.3. The van der Waals surface area contributed by atoms with Crippen LogP contribution in [0, 0.1) is 6.92 Å². The van der Waals surface area contributed by atoms with Crippen LogP contribution in [-0.4, -0.2) is 21.2 Å². The highest BCUT2D eigenvalue weighted by Crippen LogP contribution is 2.12. The van der Waals surface area contributed by atoms with Gasteiger partial charge >= 0.3 is 12.2 Å². The maximum Gasteiger partial charge on any atom is 0.458 e. The number of benzene rings is 1. The van der Waals surface area contributed by atoms with E-state index in [1.165, 1.54) is 0 Å². The minimum atomic E-state index is -1.52. The minimum Gasteiger partial charge on any atom is -0.504 e. The summed E-state index contributed by atoms with van der Waals surface area (Å²) in [5.41, 5.74) is 0.947. The van der Waals surface area contributed by atoms with Crippen molar-refractivity contribution in [2.24, 2.45) is 10.2 Å². The molecule has 0 aliphatic carbocycles. The van der Waals surface area contributed by atoms with Crippen LogP contribution in [0.1, 0.15) is 5.56 Å². The molecule has 0 saturated carbocycles. The van der Waals surface area contributed by atoms with E-state index in [-0.39, 0.29) is 0 Å². The quantitative estimate of drug-likeness (QED) is 0.608. The van der Waals surface area contributed by atoms with Gasteiger partial charge in [0.15, 0.2) is 0 Å². The summed E-state index contributed by atoms with van der Waals surface area (Å²) < 4.78 is 9.66. The molecule has 7 heteroatoms. The van der Waals surface area contributed by atoms with Gasteiger partial charge in [0.1, 0.15) is 5.75 Å². The molecule has 0 unspecified atom stereocenters. The van der Waals surface area contributed by atoms with E-state index in [0.717, 1.165) is 5.56 Å². The fourth-order valence-electron chi connectivity index (χ4n) is 1.11. The van der Waals surface area contributed by atoms with Gasteiger partial charge in [0.2, 0.25) is 9.04 Å². The Hall–Kier alpha value is -2.02. The molecule has 0 fully saturated rings. The molecular weight excluding hydrogens is 252 g/mol. The molecule has 0 aliphatic heterocycles. The molecule has 0 aliphatic rings. The molecule has 1 rings (SSSR count). The Kier molecular flexibility index (Phi) is 5.19. The smallest absolute Gasteiger partial charge is 0.458 e. The number of nitrogens with zero attached hydrogens (tertiary/aromatic N) is 2. The number of aryl methyl sites for hydroxylation is 1. The van der Waals surface area contributed by atoms with Gasteiger partial charge in [0, 0.05) is 0 Å². The van der Waals surface area contributed by atoms with Crippen molar-refractivity contribution in [2.45, 2.75) is 20.0 Å². The highest BCUT2D eigenvalue weighted by Gasteiger charge is 2.07. The zero-order chi connectivity index (χ0) is 13.5. The normalized spacial score (nSPS) is 10.7. The first-order valence-electron chi connectivity index (χ1n) is 5.38. The summed E-state index contributed by atoms with van der Waals surface area (Å²) in [5.74, 6) is 0.352. The molecule has 0 N–H and O–H groups in total. The van der Waals surface area contributed by atoms with Gasteiger partial charge in [-0.3, -0.25) is 0 Å². The predicted octanol–water partition coefficient (Wildman–Crippen LogP) is 3.07. The summed E-state index contributed by atoms with van der Waals surface area (Å²) in [5, 5.41) is 6.22. The van der Waals surface area contributed by atoms with Crippen molar-refractivity contribution in [3.63, 3.8) is 0 Å². The number of amides is 2. The van der Waals surface area contributed by atoms with E-state index in [1.807, 2.05) is 13.0 Å². The van der Waals surface area contributed by atoms with Crippen LogP contribution in [0.4, 0.5) is 9.59 Å². The molecule has 0 spiro atoms. The van der Waals surface area contributed by atoms with Gasteiger partial charge in [-0.05, 0) is 37.7 Å². The number of hydrogen-bond acceptors (Lipinski definition) is 4. The fraction of sp³-hybridized carbons (Fsp3) is 0.273. The Balaban J connectivity index is 2.51. The molecule has 18 heavy (non-hydrogen) atoms. The van der Waals surface area contributed by atoms with Crippen LogP contribution in [0.5, 0.6) is 5.75 Å². The van der Waals surface area contributed by atoms with E-state index >= 15 is 0 Å². The number of azo groups is 1. The Labute approximate surface area is 106 Å². The second kappa shape index (κ2) is 6.65. The molecule has 1 aromatic carbocycles. The largest absolute Gasteiger partial charge is 0.504 e. The second-order valence-corrected chi connectivity index (χ2v) is 6.15. The van der Waals surface area contributed by atoms with Crippen LogP contribution in [0.15, 0.2) is 34.5 Å². The molecule has 0 heterocycles. The lowest BCUT2D eigenvalue weighted by Crippen LogP contribution is -2.12. The number of carbonyl (C=O) groups is 2. The molecule has 1 aromatic rings. The number of ether oxygens (including phenoxy) is 1. The van der Waals surface area contributed by atoms with Gasteiger partial charge in [-0.1, -0.05) is 22.4 Å². The van der Waals surface area contributed by atoms with E-state index in [0.29, 0.717) is 5.75 Å². The third-order valence-corrected chi connectivity index (χ3v) is 2.42. The second-order valence-electron chi connectivity index (χ2n) is 3.82. The summed E-state index contributed by atoms with van der Waals surface area (Å²) in [6.07, 6.45) is -1.82. The van der Waals surface area contributed by atoms with Crippen molar-refractivity contribution in [3.05, 3.63) is 29.8 Å². The van der Waals surface area contributed by atoms with Crippen molar-refractivity contribution in [3.8, 4) is 5.75 Å². The monoisotopic (exact) mass is 266 g/mol. The maximum absolute atomic E-state index is 11.2. The van der Waals surface area contributed by atoms with E-state index in [9.17, 15) is 9.59 Å². The van der Waals surface area contributed by atoms with Crippen molar-refractivity contribution >= 4 is 21.2 Å². The third kappa shape index (κ3) is 5.35. The van der Waals surface area contributed by atoms with E-state index < -0.39 is 21.2 Å². The van der Waals surface area contributed by atoms with Crippen LogP contribution in [0.2, 0.25) is 13.1 Å². The third-order valence-electron chi connectivity index (χ3n) is 1.74. The Bertz CT molecular complexity index is 474. The van der Waals surface area contributed by atoms with Gasteiger partial charge in [0.25, 0.3) is 0 Å². The molecular formula is C11H14N2O4Si. The van der Waals surface area contributed by atoms with E-state index in [2.05, 4.69) is 10.2 Å². The first-order valence-corrected chi connectivity index (χ1v) is 8.16. The van der Waals surface area contributed by atoms with Gasteiger partial charge < -0.3 is 9.16 Å². The van der Waals surface area contributed by atoms with Crippen molar-refractivity contribution in [1.82, 2.24) is 0 Å². The number of rotatable bonds is 2. The molecule has 0 atom stereocenters. The summed E-state index contributed by atoms with van der Waals surface area (Å²) in [6, 6.07) is 6.89. The zero-order valence-corrected chi connectivity index (χ0v) is 11.6. The standard InChI is InChI=1S/C11H14N2O4Si/c1-8-5-4-6-9(7-8)16-10(14)12-13-11(15)17-18(2)3/h4-7,18H,1-3H3. The van der Waals surface area contributed by atoms with E-state index in [4.69, 9.17) is 9.16 Å². The zero-order valence-electron chi connectivity index (χ0n) is 10.4. The number of carbonyl (C=O) groups excluding carboxylic acids is 2. The molecule has 6 nitrogen and oxygen atoms in total. The van der Waals surface area contributed by atoms with Gasteiger partial charge in [-0.25, -0.2) is 9.59 Å². The SMILES string of the molecule is Cc1cccc(OC(=O)N=NC(=O)O[SiH](C)C)c1. The first-order chi connectivity index (χ1) is 8.47. The Morgan fingerprint density at radius 1 is 1.17 bits per heavy atom. The van der Waals surface area contributed by atoms with Crippen LogP contribution in [0.3, 0.4) is 0 Å². The van der Waals surface area contributed by atoms with Crippen LogP contribution < -0.4 is 4.74 Å². The van der Waals surface area contributed by atoms with Gasteiger partial charge in [-0.2, -0.15) is 0 Å². The molecule has 0 aromatic heterocycles. The summed E-state index contributed by atoms with van der Waals surface area (Å²) in [7, 11) is -1.52. The molecule has 2 amide bonds. The Morgan fingerprint density at radius 3 is 2.44 bits per heavy atom. The first kappa shape index (κ1) is 14.0. The Morgan fingerprint density at radius 2 is 1.83 bits per heavy atom. The average molecular weight is 266 g/mol. The maximum atomic E-state index is 11.2. The van der Waals surface area contributed by atoms with E-state index in [1.54, 1.807) is 31.3 Å². The lowest BCUT2D eigenvalue weighted by atomic mass is 10.2. The van der Waals surface area contributed by atoms with Gasteiger partial charge in [0.05, 0.1) is 0 Å². The topological polar surface area (TPSA) is 77.3 Å². The van der Waals surface area contributed by atoms with Crippen molar-refractivity contribution < 1.29 is 18.8 Å². The minimum absolute atomic E-state index is 0.352. The molecule has 0 radical (unpaired) electrons. The average Bonchev–Trinajstić information content (AvgIpc) is 2.25. The predicted molar refractivity (Wildman–Crippen MR) is 67.4 cm³/mol. The van der Waals surface area contributed by atoms with Crippen LogP contribution in [0.25, 0.3) is 0 Å².